The fourth-order valence-corrected chi connectivity index (χ4v) is 3.50. The molecule has 0 spiro atoms. The molecule has 6 heteroatoms. The van der Waals surface area contributed by atoms with Crippen molar-refractivity contribution in [1.29, 1.82) is 0 Å². The van der Waals surface area contributed by atoms with Gasteiger partial charge in [-0.2, -0.15) is 0 Å². The van der Waals surface area contributed by atoms with Crippen LogP contribution in [-0.4, -0.2) is 38.6 Å². The molecule has 0 bridgehead atoms. The number of rotatable bonds is 5. The van der Waals surface area contributed by atoms with Gasteiger partial charge in [0.15, 0.2) is 0 Å². The van der Waals surface area contributed by atoms with Crippen molar-refractivity contribution in [2.75, 3.05) is 20.7 Å². The Kier molecular flexibility index (Phi) is 5.35. The summed E-state index contributed by atoms with van der Waals surface area (Å²) in [6.07, 6.45) is -0.181. The number of ether oxygens (including phenoxy) is 2. The zero-order valence-corrected chi connectivity index (χ0v) is 16.0. The second-order valence-electron chi connectivity index (χ2n) is 6.46. The summed E-state index contributed by atoms with van der Waals surface area (Å²) in [6, 6.07) is 11.2. The highest BCUT2D eigenvalue weighted by molar-refractivity contribution is 6.02. The van der Waals surface area contributed by atoms with Crippen molar-refractivity contribution in [3.63, 3.8) is 0 Å². The van der Waals surface area contributed by atoms with E-state index in [1.165, 1.54) is 0 Å². The molecule has 0 aliphatic carbocycles. The van der Waals surface area contributed by atoms with E-state index in [0.29, 0.717) is 23.4 Å². The van der Waals surface area contributed by atoms with Crippen LogP contribution in [0.15, 0.2) is 36.4 Å². The van der Waals surface area contributed by atoms with E-state index in [1.807, 2.05) is 44.2 Å². The normalized spacial score (nSPS) is 17.6. The van der Waals surface area contributed by atoms with Crippen LogP contribution in [0.5, 0.6) is 11.5 Å². The second kappa shape index (κ2) is 7.70. The van der Waals surface area contributed by atoms with Crippen molar-refractivity contribution in [3.8, 4) is 11.5 Å². The van der Waals surface area contributed by atoms with Crippen LogP contribution < -0.4 is 20.1 Å². The number of nitrogens with one attached hydrogen (secondary N) is 2. The monoisotopic (exact) mass is 368 g/mol. The molecule has 0 aromatic heterocycles. The molecule has 1 aliphatic rings. The van der Waals surface area contributed by atoms with Crippen LogP contribution in [0, 0.1) is 0 Å². The first kappa shape index (κ1) is 18.8. The first-order valence-corrected chi connectivity index (χ1v) is 8.99. The van der Waals surface area contributed by atoms with Gasteiger partial charge in [-0.15, -0.1) is 0 Å². The predicted octanol–water partition coefficient (Wildman–Crippen LogP) is 2.72. The lowest BCUT2D eigenvalue weighted by Gasteiger charge is -2.16. The first-order chi connectivity index (χ1) is 13.0. The minimum absolute atomic E-state index is 0.104. The van der Waals surface area contributed by atoms with E-state index in [0.717, 1.165) is 16.9 Å². The number of hydrogen-bond donors (Lipinski definition) is 2. The number of carbonyl (C=O) groups excluding carboxylic acids is 2. The fraction of sp³-hybridized carbons (Fsp3) is 0.333. The fourth-order valence-electron chi connectivity index (χ4n) is 3.50. The number of hydrogen-bond acceptors (Lipinski definition) is 4. The van der Waals surface area contributed by atoms with Gasteiger partial charge in [-0.05, 0) is 43.7 Å². The summed E-state index contributed by atoms with van der Waals surface area (Å²) in [4.78, 5) is 24.8. The molecule has 0 saturated carbocycles. The third-order valence-electron chi connectivity index (χ3n) is 4.75. The molecule has 1 heterocycles. The summed E-state index contributed by atoms with van der Waals surface area (Å²) in [5, 5.41) is 5.42. The van der Waals surface area contributed by atoms with Gasteiger partial charge in [0.05, 0.1) is 12.7 Å². The summed E-state index contributed by atoms with van der Waals surface area (Å²) < 4.78 is 11.4. The molecule has 2 aromatic rings. The van der Waals surface area contributed by atoms with E-state index in [-0.39, 0.29) is 23.8 Å². The first-order valence-electron chi connectivity index (χ1n) is 8.99. The summed E-state index contributed by atoms with van der Waals surface area (Å²) in [6.45, 7) is 4.33. The van der Waals surface area contributed by atoms with Gasteiger partial charge in [-0.1, -0.05) is 12.1 Å². The zero-order chi connectivity index (χ0) is 19.6. The third-order valence-corrected chi connectivity index (χ3v) is 4.75. The van der Waals surface area contributed by atoms with E-state index in [2.05, 4.69) is 10.6 Å². The molecule has 27 heavy (non-hydrogen) atoms. The van der Waals surface area contributed by atoms with Crippen LogP contribution in [0.1, 0.15) is 51.6 Å². The van der Waals surface area contributed by atoms with Crippen molar-refractivity contribution in [2.45, 2.75) is 25.9 Å². The minimum atomic E-state index is -0.282. The van der Waals surface area contributed by atoms with Gasteiger partial charge < -0.3 is 20.1 Å². The lowest BCUT2D eigenvalue weighted by molar-refractivity contribution is 0.0955. The SMILES string of the molecule is CCNC(=O)c1cc(C(=O)NC)c2c(c1)[C@H](c1cccc(OC)c1)[C@@H](C)O2. The van der Waals surface area contributed by atoms with E-state index in [4.69, 9.17) is 9.47 Å². The van der Waals surface area contributed by atoms with Crippen molar-refractivity contribution < 1.29 is 19.1 Å². The molecule has 142 valence electrons. The summed E-state index contributed by atoms with van der Waals surface area (Å²) in [5.74, 6) is 0.681. The average molecular weight is 368 g/mol. The molecule has 3 rings (SSSR count). The molecule has 2 atom stereocenters. The van der Waals surface area contributed by atoms with Crippen LogP contribution in [0.25, 0.3) is 0 Å². The van der Waals surface area contributed by atoms with Crippen LogP contribution in [0.2, 0.25) is 0 Å². The maximum absolute atomic E-state index is 12.4. The quantitative estimate of drug-likeness (QED) is 0.851. The van der Waals surface area contributed by atoms with Crippen LogP contribution in [0.3, 0.4) is 0 Å². The van der Waals surface area contributed by atoms with E-state index < -0.39 is 0 Å². The number of methoxy groups -OCH3 is 1. The Bertz CT molecular complexity index is 878. The Labute approximate surface area is 158 Å². The Hall–Kier alpha value is -3.02. The van der Waals surface area contributed by atoms with Gasteiger partial charge in [0, 0.05) is 30.6 Å². The highest BCUT2D eigenvalue weighted by Gasteiger charge is 2.36. The standard InChI is InChI=1S/C21H24N2O4/c1-5-23-20(24)14-10-16-18(13-7-6-8-15(9-13)26-4)12(2)27-19(16)17(11-14)21(25)22-3/h6-12,18H,5H2,1-4H3,(H,22,25)(H,23,24)/t12-,18+/m1/s1. The smallest absolute Gasteiger partial charge is 0.254 e. The van der Waals surface area contributed by atoms with Crippen molar-refractivity contribution in [2.24, 2.45) is 0 Å². The van der Waals surface area contributed by atoms with Crippen LogP contribution in [0.4, 0.5) is 0 Å². The number of carbonyl (C=O) groups is 2. The van der Waals surface area contributed by atoms with E-state index in [9.17, 15) is 9.59 Å². The summed E-state index contributed by atoms with van der Waals surface area (Å²) in [5.41, 5.74) is 2.66. The van der Waals surface area contributed by atoms with Crippen LogP contribution >= 0.6 is 0 Å². The molecular weight excluding hydrogens is 344 g/mol. The van der Waals surface area contributed by atoms with Crippen LogP contribution in [-0.2, 0) is 0 Å². The second-order valence-corrected chi connectivity index (χ2v) is 6.46. The van der Waals surface area contributed by atoms with Crippen molar-refractivity contribution >= 4 is 11.8 Å². The molecule has 0 fully saturated rings. The average Bonchev–Trinajstić information content (AvgIpc) is 3.02. The summed E-state index contributed by atoms with van der Waals surface area (Å²) in [7, 11) is 3.18. The van der Waals surface area contributed by atoms with Gasteiger partial charge >= 0.3 is 0 Å². The zero-order valence-electron chi connectivity index (χ0n) is 16.0. The lowest BCUT2D eigenvalue weighted by Crippen LogP contribution is -2.24. The Balaban J connectivity index is 2.16. The Morgan fingerprint density at radius 1 is 1.19 bits per heavy atom. The molecule has 2 amide bonds. The number of amides is 2. The van der Waals surface area contributed by atoms with E-state index >= 15 is 0 Å². The maximum Gasteiger partial charge on any atom is 0.254 e. The largest absolute Gasteiger partial charge is 0.497 e. The maximum atomic E-state index is 12.4. The molecule has 2 N–H and O–H groups in total. The van der Waals surface area contributed by atoms with Gasteiger partial charge in [0.2, 0.25) is 0 Å². The van der Waals surface area contributed by atoms with Gasteiger partial charge in [0.25, 0.3) is 11.8 Å². The van der Waals surface area contributed by atoms with E-state index in [1.54, 1.807) is 20.2 Å². The molecule has 1 aliphatic heterocycles. The Morgan fingerprint density at radius 2 is 1.96 bits per heavy atom. The molecule has 6 nitrogen and oxygen atoms in total. The molecule has 0 unspecified atom stereocenters. The minimum Gasteiger partial charge on any atom is -0.497 e. The summed E-state index contributed by atoms with van der Waals surface area (Å²) >= 11 is 0. The van der Waals surface area contributed by atoms with Crippen molar-refractivity contribution in [3.05, 3.63) is 58.7 Å². The molecule has 2 aromatic carbocycles. The number of benzene rings is 2. The Morgan fingerprint density at radius 3 is 2.63 bits per heavy atom. The third kappa shape index (κ3) is 3.47. The highest BCUT2D eigenvalue weighted by atomic mass is 16.5. The topological polar surface area (TPSA) is 76.7 Å². The van der Waals surface area contributed by atoms with Gasteiger partial charge in [-0.3, -0.25) is 9.59 Å². The van der Waals surface area contributed by atoms with Crippen molar-refractivity contribution in [1.82, 2.24) is 10.6 Å². The molecule has 0 saturated heterocycles. The lowest BCUT2D eigenvalue weighted by atomic mass is 9.86. The molecule has 0 radical (unpaired) electrons. The number of fused-ring (bicyclic) bond motifs is 1. The molecular formula is C21H24N2O4. The van der Waals surface area contributed by atoms with Gasteiger partial charge in [0.1, 0.15) is 17.6 Å². The highest BCUT2D eigenvalue weighted by Crippen LogP contribution is 2.45. The predicted molar refractivity (Wildman–Crippen MR) is 103 cm³/mol. The van der Waals surface area contributed by atoms with Gasteiger partial charge in [-0.25, -0.2) is 0 Å².